The summed E-state index contributed by atoms with van der Waals surface area (Å²) in [4.78, 5) is 13.3. The molecule has 0 spiro atoms. The maximum Gasteiger partial charge on any atom is 0.227 e. The Morgan fingerprint density at radius 2 is 2.00 bits per heavy atom. The van der Waals surface area contributed by atoms with E-state index in [4.69, 9.17) is 0 Å². The summed E-state index contributed by atoms with van der Waals surface area (Å²) >= 11 is 3.34. The molecule has 1 saturated heterocycles. The van der Waals surface area contributed by atoms with Crippen molar-refractivity contribution in [3.8, 4) is 0 Å². The Balaban J connectivity index is 2.21. The van der Waals surface area contributed by atoms with Crippen molar-refractivity contribution in [2.45, 2.75) is 18.9 Å². The molecular weight excluding hydrogens is 258 g/mol. The summed E-state index contributed by atoms with van der Waals surface area (Å²) in [5.41, 5.74) is 0.849. The summed E-state index contributed by atoms with van der Waals surface area (Å²) in [7, 11) is 0. The van der Waals surface area contributed by atoms with Crippen molar-refractivity contribution < 1.29 is 9.90 Å². The Bertz CT molecular complexity index is 363. The first-order valence-electron chi connectivity index (χ1n) is 4.91. The number of halogens is 1. The molecule has 3 nitrogen and oxygen atoms in total. The number of piperidine rings is 1. The van der Waals surface area contributed by atoms with Crippen LogP contribution >= 0.6 is 15.9 Å². The summed E-state index contributed by atoms with van der Waals surface area (Å²) in [5.74, 6) is 0.0858. The molecule has 1 aromatic carbocycles. The molecule has 1 atom stereocenters. The van der Waals surface area contributed by atoms with Crippen LogP contribution in [0.4, 0.5) is 5.69 Å². The van der Waals surface area contributed by atoms with Gasteiger partial charge in [0, 0.05) is 16.6 Å². The Hall–Kier alpha value is -0.870. The van der Waals surface area contributed by atoms with Gasteiger partial charge < -0.3 is 10.0 Å². The zero-order chi connectivity index (χ0) is 10.8. The van der Waals surface area contributed by atoms with Crippen molar-refractivity contribution in [3.05, 3.63) is 28.7 Å². The molecule has 1 unspecified atom stereocenters. The van der Waals surface area contributed by atoms with E-state index in [-0.39, 0.29) is 5.91 Å². The van der Waals surface area contributed by atoms with Crippen LogP contribution in [0.5, 0.6) is 0 Å². The van der Waals surface area contributed by atoms with Crippen molar-refractivity contribution in [3.63, 3.8) is 0 Å². The number of carbonyl (C=O) groups is 1. The Morgan fingerprint density at radius 3 is 2.67 bits per heavy atom. The maximum absolute atomic E-state index is 11.6. The molecule has 80 valence electrons. The van der Waals surface area contributed by atoms with Crippen LogP contribution in [0.2, 0.25) is 0 Å². The summed E-state index contributed by atoms with van der Waals surface area (Å²) in [6.07, 6.45) is 0.606. The molecule has 1 heterocycles. The molecule has 0 radical (unpaired) electrons. The van der Waals surface area contributed by atoms with Crippen molar-refractivity contribution in [2.75, 3.05) is 11.4 Å². The average Bonchev–Trinajstić information content (AvgIpc) is 2.23. The maximum atomic E-state index is 11.6. The predicted octanol–water partition coefficient (Wildman–Crippen LogP) is 1.94. The fourth-order valence-electron chi connectivity index (χ4n) is 1.70. The molecule has 1 fully saturated rings. The minimum absolute atomic E-state index is 0.0858. The van der Waals surface area contributed by atoms with E-state index >= 15 is 0 Å². The van der Waals surface area contributed by atoms with Gasteiger partial charge in [-0.2, -0.15) is 0 Å². The van der Waals surface area contributed by atoms with E-state index in [0.29, 0.717) is 19.4 Å². The average molecular weight is 270 g/mol. The molecule has 0 aromatic heterocycles. The number of hydrogen-bond donors (Lipinski definition) is 1. The van der Waals surface area contributed by atoms with Gasteiger partial charge >= 0.3 is 0 Å². The zero-order valence-corrected chi connectivity index (χ0v) is 9.77. The molecule has 0 bridgehead atoms. The zero-order valence-electron chi connectivity index (χ0n) is 8.19. The second kappa shape index (κ2) is 4.33. The monoisotopic (exact) mass is 269 g/mol. The number of β-amino-alcohol motifs (C(OH)–C–C–N with tert-alkyl or cyclic N) is 1. The van der Waals surface area contributed by atoms with E-state index in [1.807, 2.05) is 24.3 Å². The molecule has 1 aromatic rings. The van der Waals surface area contributed by atoms with E-state index in [1.54, 1.807) is 4.90 Å². The molecular formula is C11H12BrNO2. The lowest BCUT2D eigenvalue weighted by atomic mass is 10.1. The van der Waals surface area contributed by atoms with Gasteiger partial charge in [0.25, 0.3) is 0 Å². The van der Waals surface area contributed by atoms with E-state index in [2.05, 4.69) is 15.9 Å². The highest BCUT2D eigenvalue weighted by Crippen LogP contribution is 2.22. The fraction of sp³-hybridized carbons (Fsp3) is 0.364. The van der Waals surface area contributed by atoms with Crippen LogP contribution in [-0.2, 0) is 4.79 Å². The second-order valence-electron chi connectivity index (χ2n) is 3.67. The van der Waals surface area contributed by atoms with Crippen molar-refractivity contribution in [2.24, 2.45) is 0 Å². The van der Waals surface area contributed by atoms with Gasteiger partial charge in [-0.05, 0) is 30.7 Å². The van der Waals surface area contributed by atoms with Gasteiger partial charge in [-0.25, -0.2) is 0 Å². The molecule has 0 aliphatic carbocycles. The first kappa shape index (κ1) is 10.6. The van der Waals surface area contributed by atoms with Gasteiger partial charge in [0.05, 0.1) is 12.6 Å². The third-order valence-electron chi connectivity index (χ3n) is 2.52. The van der Waals surface area contributed by atoms with Crippen LogP contribution in [0, 0.1) is 0 Å². The number of hydrogen-bond acceptors (Lipinski definition) is 2. The fourth-order valence-corrected chi connectivity index (χ4v) is 1.96. The topological polar surface area (TPSA) is 40.5 Å². The number of carbonyl (C=O) groups excluding carboxylic acids is 1. The van der Waals surface area contributed by atoms with Gasteiger partial charge in [-0.15, -0.1) is 0 Å². The summed E-state index contributed by atoms with van der Waals surface area (Å²) in [6, 6.07) is 7.53. The number of nitrogens with zero attached hydrogens (tertiary/aromatic N) is 1. The smallest absolute Gasteiger partial charge is 0.227 e. The lowest BCUT2D eigenvalue weighted by molar-refractivity contribution is -0.121. The predicted molar refractivity (Wildman–Crippen MR) is 61.7 cm³/mol. The molecule has 2 rings (SSSR count). The van der Waals surface area contributed by atoms with Gasteiger partial charge in [-0.1, -0.05) is 15.9 Å². The van der Waals surface area contributed by atoms with Crippen LogP contribution in [0.25, 0.3) is 0 Å². The van der Waals surface area contributed by atoms with E-state index in [1.165, 1.54) is 0 Å². The molecule has 4 heteroatoms. The van der Waals surface area contributed by atoms with E-state index < -0.39 is 6.10 Å². The molecule has 1 aliphatic rings. The minimum atomic E-state index is -0.397. The standard InChI is InChI=1S/C11H12BrNO2/c12-8-1-3-9(4-2-8)13-7-10(14)5-6-11(13)15/h1-4,10,14H,5-7H2. The van der Waals surface area contributed by atoms with Crippen molar-refractivity contribution >= 4 is 27.5 Å². The third kappa shape index (κ3) is 2.38. The molecule has 1 N–H and O–H groups in total. The SMILES string of the molecule is O=C1CCC(O)CN1c1ccc(Br)cc1. The largest absolute Gasteiger partial charge is 0.391 e. The lowest BCUT2D eigenvalue weighted by Gasteiger charge is -2.30. The van der Waals surface area contributed by atoms with Crippen LogP contribution < -0.4 is 4.90 Å². The number of anilines is 1. The van der Waals surface area contributed by atoms with Crippen LogP contribution in [0.1, 0.15) is 12.8 Å². The highest BCUT2D eigenvalue weighted by Gasteiger charge is 2.24. The molecule has 15 heavy (non-hydrogen) atoms. The van der Waals surface area contributed by atoms with E-state index in [0.717, 1.165) is 10.2 Å². The summed E-state index contributed by atoms with van der Waals surface area (Å²) in [6.45, 7) is 0.403. The number of rotatable bonds is 1. The summed E-state index contributed by atoms with van der Waals surface area (Å²) < 4.78 is 0.983. The normalized spacial score (nSPS) is 21.9. The molecule has 0 saturated carbocycles. The van der Waals surface area contributed by atoms with Crippen molar-refractivity contribution in [1.82, 2.24) is 0 Å². The van der Waals surface area contributed by atoms with Gasteiger partial charge in [0.1, 0.15) is 0 Å². The quantitative estimate of drug-likeness (QED) is 0.847. The first-order valence-corrected chi connectivity index (χ1v) is 5.70. The molecule has 1 aliphatic heterocycles. The van der Waals surface area contributed by atoms with Crippen molar-refractivity contribution in [1.29, 1.82) is 0 Å². The highest BCUT2D eigenvalue weighted by molar-refractivity contribution is 9.10. The minimum Gasteiger partial charge on any atom is -0.391 e. The van der Waals surface area contributed by atoms with E-state index in [9.17, 15) is 9.90 Å². The van der Waals surface area contributed by atoms with Crippen LogP contribution in [-0.4, -0.2) is 23.7 Å². The van der Waals surface area contributed by atoms with Gasteiger partial charge in [0.2, 0.25) is 5.91 Å². The second-order valence-corrected chi connectivity index (χ2v) is 4.59. The Labute approximate surface area is 96.8 Å². The Kier molecular flexibility index (Phi) is 3.07. The van der Waals surface area contributed by atoms with Gasteiger partial charge in [0.15, 0.2) is 0 Å². The van der Waals surface area contributed by atoms with Crippen LogP contribution in [0.15, 0.2) is 28.7 Å². The van der Waals surface area contributed by atoms with Crippen LogP contribution in [0.3, 0.4) is 0 Å². The van der Waals surface area contributed by atoms with Gasteiger partial charge in [-0.3, -0.25) is 4.79 Å². The lowest BCUT2D eigenvalue weighted by Crippen LogP contribution is -2.42. The summed E-state index contributed by atoms with van der Waals surface area (Å²) in [5, 5.41) is 9.51. The number of aliphatic hydroxyl groups is 1. The Morgan fingerprint density at radius 1 is 1.33 bits per heavy atom. The number of amides is 1. The number of benzene rings is 1. The third-order valence-corrected chi connectivity index (χ3v) is 3.05. The molecule has 1 amide bonds. The highest BCUT2D eigenvalue weighted by atomic mass is 79.9. The first-order chi connectivity index (χ1) is 7.16. The number of aliphatic hydroxyl groups excluding tert-OH is 1.